The summed E-state index contributed by atoms with van der Waals surface area (Å²) < 4.78 is 13.4. The first-order valence-electron chi connectivity index (χ1n) is 6.00. The van der Waals surface area contributed by atoms with Gasteiger partial charge in [-0.05, 0) is 18.1 Å². The minimum absolute atomic E-state index is 0.0158. The lowest BCUT2D eigenvalue weighted by atomic mass is 10.1. The Morgan fingerprint density at radius 3 is 2.79 bits per heavy atom. The molecule has 6 heteroatoms. The molecular weight excluding hydrogens is 249 g/mol. The van der Waals surface area contributed by atoms with Crippen LogP contribution in [0.15, 0.2) is 24.3 Å². The third-order valence-electron chi connectivity index (χ3n) is 2.73. The molecule has 1 aromatic heterocycles. The molecule has 2 aromatic rings. The molecule has 0 saturated heterocycles. The largest absolute Gasteiger partial charge is 0.481 e. The molecule has 2 N–H and O–H groups in total. The minimum Gasteiger partial charge on any atom is -0.481 e. The average Bonchev–Trinajstić information content (AvgIpc) is 2.83. The van der Waals surface area contributed by atoms with Crippen LogP contribution in [0.25, 0.3) is 0 Å². The molecule has 0 aliphatic carbocycles. The number of carbonyl (C=O) groups is 1. The molecule has 0 spiro atoms. The summed E-state index contributed by atoms with van der Waals surface area (Å²) in [5, 5.41) is 15.2. The predicted molar refractivity (Wildman–Crippen MR) is 66.1 cm³/mol. The fraction of sp³-hybridized carbons (Fsp3) is 0.308. The number of aromatic nitrogens is 3. The molecule has 0 saturated carbocycles. The van der Waals surface area contributed by atoms with Crippen molar-refractivity contribution in [3.05, 3.63) is 47.3 Å². The van der Waals surface area contributed by atoms with Crippen LogP contribution in [0.3, 0.4) is 0 Å². The van der Waals surface area contributed by atoms with Gasteiger partial charge in [0, 0.05) is 12.8 Å². The highest BCUT2D eigenvalue weighted by atomic mass is 19.1. The van der Waals surface area contributed by atoms with Crippen molar-refractivity contribution in [1.82, 2.24) is 15.2 Å². The van der Waals surface area contributed by atoms with E-state index in [0.717, 1.165) is 0 Å². The molecule has 0 bridgehead atoms. The quantitative estimate of drug-likeness (QED) is 0.832. The molecule has 2 rings (SSSR count). The lowest BCUT2D eigenvalue weighted by Gasteiger charge is -1.99. The van der Waals surface area contributed by atoms with Crippen molar-refractivity contribution < 1.29 is 14.3 Å². The second kappa shape index (κ2) is 6.08. The van der Waals surface area contributed by atoms with E-state index in [9.17, 15) is 9.18 Å². The number of nitrogens with zero attached hydrogens (tertiary/aromatic N) is 2. The van der Waals surface area contributed by atoms with Gasteiger partial charge in [-0.3, -0.25) is 9.89 Å². The molecule has 5 nitrogen and oxygen atoms in total. The Morgan fingerprint density at radius 1 is 1.26 bits per heavy atom. The van der Waals surface area contributed by atoms with Crippen LogP contribution in [0.2, 0.25) is 0 Å². The smallest absolute Gasteiger partial charge is 0.303 e. The first kappa shape index (κ1) is 13.2. The molecule has 1 aromatic carbocycles. The van der Waals surface area contributed by atoms with Crippen molar-refractivity contribution in [2.24, 2.45) is 0 Å². The second-order valence-electron chi connectivity index (χ2n) is 4.18. The Kier molecular flexibility index (Phi) is 4.22. The standard InChI is InChI=1S/C13H14FN3O2/c14-10-4-2-1-3-9(10)5-6-11-15-12(17-16-11)7-8-13(18)19/h1-4H,5-8H2,(H,18,19)(H,15,16,17). The Balaban J connectivity index is 1.90. The van der Waals surface area contributed by atoms with Crippen molar-refractivity contribution in [3.8, 4) is 0 Å². The number of aliphatic carboxylic acids is 1. The predicted octanol–water partition coefficient (Wildman–Crippen LogP) is 1.75. The van der Waals surface area contributed by atoms with Crippen molar-refractivity contribution >= 4 is 5.97 Å². The highest BCUT2D eigenvalue weighted by Crippen LogP contribution is 2.09. The zero-order valence-electron chi connectivity index (χ0n) is 10.3. The Hall–Kier alpha value is -2.24. The highest BCUT2D eigenvalue weighted by Gasteiger charge is 2.07. The highest BCUT2D eigenvalue weighted by molar-refractivity contribution is 5.66. The van der Waals surface area contributed by atoms with Crippen LogP contribution < -0.4 is 0 Å². The lowest BCUT2D eigenvalue weighted by Crippen LogP contribution is -1.99. The number of H-pyrrole nitrogens is 1. The first-order chi connectivity index (χ1) is 9.15. The third-order valence-corrected chi connectivity index (χ3v) is 2.73. The van der Waals surface area contributed by atoms with Gasteiger partial charge in [-0.25, -0.2) is 9.37 Å². The fourth-order valence-electron chi connectivity index (χ4n) is 1.73. The number of benzene rings is 1. The molecule has 19 heavy (non-hydrogen) atoms. The molecule has 0 fully saturated rings. The summed E-state index contributed by atoms with van der Waals surface area (Å²) in [5.41, 5.74) is 0.624. The number of aromatic amines is 1. The number of hydrogen-bond donors (Lipinski definition) is 2. The van der Waals surface area contributed by atoms with E-state index >= 15 is 0 Å². The first-order valence-corrected chi connectivity index (χ1v) is 6.00. The van der Waals surface area contributed by atoms with Gasteiger partial charge in [-0.1, -0.05) is 18.2 Å². The number of carboxylic acid groups (broad SMARTS) is 1. The summed E-state index contributed by atoms with van der Waals surface area (Å²) in [6.45, 7) is 0. The van der Waals surface area contributed by atoms with Crippen LogP contribution in [0.1, 0.15) is 23.6 Å². The van der Waals surface area contributed by atoms with Gasteiger partial charge in [-0.2, -0.15) is 5.10 Å². The molecule has 100 valence electrons. The van der Waals surface area contributed by atoms with Gasteiger partial charge in [0.25, 0.3) is 0 Å². The summed E-state index contributed by atoms with van der Waals surface area (Å²) in [4.78, 5) is 14.6. The molecule has 0 aliphatic heterocycles. The Labute approximate surface area is 109 Å². The summed E-state index contributed by atoms with van der Waals surface area (Å²) >= 11 is 0. The summed E-state index contributed by atoms with van der Waals surface area (Å²) in [6, 6.07) is 6.59. The van der Waals surface area contributed by atoms with Gasteiger partial charge in [-0.15, -0.1) is 0 Å². The number of carboxylic acids is 1. The van der Waals surface area contributed by atoms with Gasteiger partial charge in [0.15, 0.2) is 5.82 Å². The van der Waals surface area contributed by atoms with Crippen molar-refractivity contribution in [3.63, 3.8) is 0 Å². The van der Waals surface area contributed by atoms with Crippen LogP contribution in [0.4, 0.5) is 4.39 Å². The number of rotatable bonds is 6. The monoisotopic (exact) mass is 263 g/mol. The number of hydrogen-bond acceptors (Lipinski definition) is 3. The number of aryl methyl sites for hydroxylation is 3. The van der Waals surface area contributed by atoms with E-state index in [2.05, 4.69) is 15.2 Å². The van der Waals surface area contributed by atoms with Gasteiger partial charge >= 0.3 is 5.97 Å². The van der Waals surface area contributed by atoms with E-state index in [1.165, 1.54) is 6.07 Å². The van der Waals surface area contributed by atoms with E-state index in [1.807, 2.05) is 0 Å². The maximum atomic E-state index is 13.4. The number of halogens is 1. The van der Waals surface area contributed by atoms with E-state index in [1.54, 1.807) is 18.2 Å². The van der Waals surface area contributed by atoms with E-state index in [4.69, 9.17) is 5.11 Å². The normalized spacial score (nSPS) is 10.6. The van der Waals surface area contributed by atoms with Crippen molar-refractivity contribution in [2.45, 2.75) is 25.7 Å². The van der Waals surface area contributed by atoms with Crippen molar-refractivity contribution in [2.75, 3.05) is 0 Å². The maximum absolute atomic E-state index is 13.4. The van der Waals surface area contributed by atoms with Crippen LogP contribution in [0, 0.1) is 5.82 Å². The van der Waals surface area contributed by atoms with E-state index in [0.29, 0.717) is 36.5 Å². The van der Waals surface area contributed by atoms with Crippen LogP contribution in [-0.4, -0.2) is 26.3 Å². The lowest BCUT2D eigenvalue weighted by molar-refractivity contribution is -0.137. The zero-order chi connectivity index (χ0) is 13.7. The zero-order valence-corrected chi connectivity index (χ0v) is 10.3. The molecule has 0 amide bonds. The summed E-state index contributed by atoms with van der Waals surface area (Å²) in [6.07, 6.45) is 1.37. The third kappa shape index (κ3) is 3.87. The Bertz CT molecular complexity index is 569. The van der Waals surface area contributed by atoms with Gasteiger partial charge in [0.05, 0.1) is 6.42 Å². The Morgan fingerprint density at radius 2 is 2.05 bits per heavy atom. The van der Waals surface area contributed by atoms with Crippen molar-refractivity contribution in [1.29, 1.82) is 0 Å². The maximum Gasteiger partial charge on any atom is 0.303 e. The molecule has 0 radical (unpaired) electrons. The average molecular weight is 263 g/mol. The van der Waals surface area contributed by atoms with Gasteiger partial charge < -0.3 is 5.11 Å². The molecule has 0 unspecified atom stereocenters. The molecule has 0 aliphatic rings. The molecular formula is C13H14FN3O2. The van der Waals surface area contributed by atoms with Crippen LogP contribution >= 0.6 is 0 Å². The second-order valence-corrected chi connectivity index (χ2v) is 4.18. The van der Waals surface area contributed by atoms with E-state index in [-0.39, 0.29) is 12.2 Å². The SMILES string of the molecule is O=C(O)CCc1nc(CCc2ccccc2F)n[nH]1. The van der Waals surface area contributed by atoms with Crippen LogP contribution in [0.5, 0.6) is 0 Å². The van der Waals surface area contributed by atoms with Gasteiger partial charge in [0.2, 0.25) is 0 Å². The topological polar surface area (TPSA) is 78.9 Å². The van der Waals surface area contributed by atoms with Crippen LogP contribution in [-0.2, 0) is 24.1 Å². The number of nitrogens with one attached hydrogen (secondary N) is 1. The summed E-state index contributed by atoms with van der Waals surface area (Å²) in [5.74, 6) is 0.0167. The molecule has 0 atom stereocenters. The minimum atomic E-state index is -0.871. The fourth-order valence-corrected chi connectivity index (χ4v) is 1.73. The van der Waals surface area contributed by atoms with Gasteiger partial charge in [0.1, 0.15) is 11.6 Å². The molecule has 1 heterocycles. The van der Waals surface area contributed by atoms with E-state index < -0.39 is 5.97 Å². The summed E-state index contributed by atoms with van der Waals surface area (Å²) in [7, 11) is 0.